The number of carboxylic acids is 1. The summed E-state index contributed by atoms with van der Waals surface area (Å²) in [4.78, 5) is 57.6. The maximum atomic E-state index is 14.8. The number of carboxylic acid groups (broad SMARTS) is 1. The van der Waals surface area contributed by atoms with E-state index in [9.17, 15) is 24.3 Å². The molecular formula is C33H34N2O7S. The van der Waals surface area contributed by atoms with Crippen LogP contribution in [0.4, 0.5) is 5.69 Å². The number of Topliss-reactive ketones (excluding diaryl/α,β-unsaturated/α-hetero) is 1. The second kappa shape index (κ2) is 10.8. The van der Waals surface area contributed by atoms with Gasteiger partial charge in [-0.05, 0) is 75.1 Å². The maximum absolute atomic E-state index is 14.8. The summed E-state index contributed by atoms with van der Waals surface area (Å²) in [6, 6.07) is 13.2. The van der Waals surface area contributed by atoms with Crippen molar-refractivity contribution in [2.24, 2.45) is 11.8 Å². The van der Waals surface area contributed by atoms with Gasteiger partial charge in [0, 0.05) is 39.8 Å². The van der Waals surface area contributed by atoms with Crippen LogP contribution in [0.15, 0.2) is 48.5 Å². The largest absolute Gasteiger partial charge is 0.479 e. The van der Waals surface area contributed by atoms with E-state index in [1.807, 2.05) is 19.9 Å². The summed E-state index contributed by atoms with van der Waals surface area (Å²) in [6.07, 6.45) is 2.25. The molecule has 0 spiro atoms. The summed E-state index contributed by atoms with van der Waals surface area (Å²) in [7, 11) is 0. The Balaban J connectivity index is 1.60. The number of thiophene rings is 1. The van der Waals surface area contributed by atoms with E-state index in [4.69, 9.17) is 9.47 Å². The molecule has 0 radical (unpaired) electrons. The number of fused-ring (bicyclic) bond motifs is 1. The number of hydrogen-bond acceptors (Lipinski definition) is 7. The molecule has 3 aromatic rings. The highest BCUT2D eigenvalue weighted by Gasteiger charge is 2.65. The molecule has 4 atom stereocenters. The highest BCUT2D eigenvalue weighted by molar-refractivity contribution is 7.12. The van der Waals surface area contributed by atoms with E-state index in [1.165, 1.54) is 23.2 Å². The number of rotatable bonds is 7. The van der Waals surface area contributed by atoms with Crippen LogP contribution in [0, 0.1) is 25.7 Å². The minimum Gasteiger partial charge on any atom is -0.479 e. The number of benzene rings is 2. The highest BCUT2D eigenvalue weighted by Crippen LogP contribution is 2.58. The van der Waals surface area contributed by atoms with Gasteiger partial charge in [0.05, 0.1) is 12.0 Å². The number of aliphatic carboxylic acids is 1. The Morgan fingerprint density at radius 1 is 0.977 bits per heavy atom. The summed E-state index contributed by atoms with van der Waals surface area (Å²) in [5.74, 6) is -2.98. The van der Waals surface area contributed by atoms with Gasteiger partial charge in [-0.3, -0.25) is 14.4 Å². The third-order valence-corrected chi connectivity index (χ3v) is 10.1. The van der Waals surface area contributed by atoms with Gasteiger partial charge in [0.1, 0.15) is 5.54 Å². The van der Waals surface area contributed by atoms with E-state index < -0.39 is 29.4 Å². The first-order valence-electron chi connectivity index (χ1n) is 14.5. The van der Waals surface area contributed by atoms with Crippen LogP contribution >= 0.6 is 11.3 Å². The number of nitrogens with zero attached hydrogens (tertiary/aromatic N) is 1. The Hall–Kier alpha value is -4.18. The lowest BCUT2D eigenvalue weighted by molar-refractivity contribution is -0.161. The van der Waals surface area contributed by atoms with Crippen molar-refractivity contribution < 1.29 is 33.8 Å². The van der Waals surface area contributed by atoms with Crippen molar-refractivity contribution in [2.45, 2.75) is 64.5 Å². The Morgan fingerprint density at radius 3 is 2.23 bits per heavy atom. The number of ether oxygens (including phenoxy) is 2. The van der Waals surface area contributed by atoms with Gasteiger partial charge in [-0.2, -0.15) is 0 Å². The summed E-state index contributed by atoms with van der Waals surface area (Å²) in [5, 5.41) is 13.8. The zero-order valence-electron chi connectivity index (χ0n) is 24.5. The molecule has 10 heteroatoms. The van der Waals surface area contributed by atoms with E-state index in [2.05, 4.69) is 5.32 Å². The number of aryl methyl sites for hydroxylation is 2. The minimum atomic E-state index is -1.76. The number of carbonyl (C=O) groups excluding carboxylic acids is 3. The molecule has 2 aliphatic heterocycles. The zero-order valence-corrected chi connectivity index (χ0v) is 25.3. The molecule has 9 nitrogen and oxygen atoms in total. The number of anilines is 1. The summed E-state index contributed by atoms with van der Waals surface area (Å²) in [5.41, 5.74) is 0.529. The van der Waals surface area contributed by atoms with E-state index in [-0.39, 0.29) is 30.3 Å². The van der Waals surface area contributed by atoms with Crippen LogP contribution in [0.2, 0.25) is 0 Å². The number of amides is 2. The summed E-state index contributed by atoms with van der Waals surface area (Å²) in [6.45, 7) is 6.86. The lowest BCUT2D eigenvalue weighted by Gasteiger charge is -2.41. The normalized spacial score (nSPS) is 24.5. The first kappa shape index (κ1) is 28.9. The molecule has 3 aliphatic rings. The number of ketones is 1. The quantitative estimate of drug-likeness (QED) is 0.325. The second-order valence-corrected chi connectivity index (χ2v) is 13.3. The fraction of sp³-hybridized carbons (Fsp3) is 0.394. The van der Waals surface area contributed by atoms with Crippen LogP contribution in [-0.2, 0) is 14.4 Å². The lowest BCUT2D eigenvalue weighted by Crippen LogP contribution is -2.56. The molecule has 2 amide bonds. The molecule has 1 aliphatic carbocycles. The Bertz CT molecular complexity index is 1630. The summed E-state index contributed by atoms with van der Waals surface area (Å²) < 4.78 is 11.2. The smallest absolute Gasteiger partial charge is 0.330 e. The molecule has 1 saturated heterocycles. The topological polar surface area (TPSA) is 122 Å². The van der Waals surface area contributed by atoms with Crippen molar-refractivity contribution >= 4 is 40.6 Å². The van der Waals surface area contributed by atoms with Gasteiger partial charge in [0.15, 0.2) is 17.3 Å². The Labute approximate surface area is 253 Å². The van der Waals surface area contributed by atoms with Crippen LogP contribution < -0.4 is 14.8 Å². The van der Waals surface area contributed by atoms with E-state index in [1.54, 1.807) is 49.4 Å². The zero-order chi connectivity index (χ0) is 30.6. The van der Waals surface area contributed by atoms with Crippen molar-refractivity contribution in [1.29, 1.82) is 0 Å². The molecule has 6 rings (SSSR count). The molecule has 1 aromatic heterocycles. The molecule has 4 unspecified atom stereocenters. The van der Waals surface area contributed by atoms with Gasteiger partial charge in [0.2, 0.25) is 18.6 Å². The monoisotopic (exact) mass is 602 g/mol. The van der Waals surface area contributed by atoms with E-state index in [0.717, 1.165) is 16.2 Å². The van der Waals surface area contributed by atoms with Crippen molar-refractivity contribution in [3.63, 3.8) is 0 Å². The van der Waals surface area contributed by atoms with Crippen molar-refractivity contribution in [3.05, 3.63) is 75.0 Å². The standard InChI is InChI=1S/C33H34N2O7S/c1-17-14-24(18(2)43-17)30(37)27-28(20-8-11-23(12-9-20)34-19(3)36)33(4,32(39)40)35(31(38)21-6-5-7-21)29(27)22-10-13-25-26(15-22)42-16-41-25/h8-15,21,27-29H,5-7,16H2,1-4H3,(H,34,36)(H,39,40). The number of carbonyl (C=O) groups is 4. The van der Waals surface area contributed by atoms with Gasteiger partial charge >= 0.3 is 5.97 Å². The predicted molar refractivity (Wildman–Crippen MR) is 161 cm³/mol. The fourth-order valence-corrected chi connectivity index (χ4v) is 7.83. The highest BCUT2D eigenvalue weighted by atomic mass is 32.1. The molecule has 3 heterocycles. The van der Waals surface area contributed by atoms with Crippen LogP contribution in [0.5, 0.6) is 11.5 Å². The second-order valence-electron chi connectivity index (χ2n) is 11.8. The van der Waals surface area contributed by atoms with Gasteiger partial charge in [-0.25, -0.2) is 4.79 Å². The molecule has 2 N–H and O–H groups in total. The van der Waals surface area contributed by atoms with Gasteiger partial charge in [-0.1, -0.05) is 24.6 Å². The minimum absolute atomic E-state index is 0.0556. The molecular weight excluding hydrogens is 568 g/mol. The predicted octanol–water partition coefficient (Wildman–Crippen LogP) is 5.86. The number of nitrogens with one attached hydrogen (secondary N) is 1. The number of likely N-dealkylation sites (tertiary alicyclic amines) is 1. The average Bonchev–Trinajstić information content (AvgIpc) is 3.61. The molecule has 0 bridgehead atoms. The number of hydrogen-bond donors (Lipinski definition) is 2. The SMILES string of the molecule is CC(=O)Nc1ccc(C2C(C(=O)c3cc(C)sc3C)C(c3ccc4c(c3)OCO4)N(C(=O)C3CCC3)C2(C)C(=O)O)cc1. The van der Waals surface area contributed by atoms with Crippen LogP contribution in [-0.4, -0.2) is 45.9 Å². The average molecular weight is 603 g/mol. The first-order valence-corrected chi connectivity index (χ1v) is 15.3. The molecule has 2 fully saturated rings. The van der Waals surface area contributed by atoms with E-state index in [0.29, 0.717) is 46.7 Å². The van der Waals surface area contributed by atoms with Crippen LogP contribution in [0.1, 0.15) is 76.3 Å². The van der Waals surface area contributed by atoms with Crippen molar-refractivity contribution in [2.75, 3.05) is 12.1 Å². The Kier molecular flexibility index (Phi) is 7.28. The third-order valence-electron chi connectivity index (χ3n) is 9.15. The lowest BCUT2D eigenvalue weighted by atomic mass is 9.71. The third kappa shape index (κ3) is 4.77. The molecule has 2 aromatic carbocycles. The fourth-order valence-electron chi connectivity index (χ4n) is 6.90. The van der Waals surface area contributed by atoms with E-state index >= 15 is 0 Å². The molecule has 1 saturated carbocycles. The molecule has 43 heavy (non-hydrogen) atoms. The first-order chi connectivity index (χ1) is 20.5. The van der Waals surface area contributed by atoms with Crippen molar-refractivity contribution in [1.82, 2.24) is 4.90 Å². The van der Waals surface area contributed by atoms with Gasteiger partial charge < -0.3 is 24.8 Å². The molecule has 224 valence electrons. The van der Waals surface area contributed by atoms with Crippen LogP contribution in [0.3, 0.4) is 0 Å². The Morgan fingerprint density at radius 2 is 1.65 bits per heavy atom. The maximum Gasteiger partial charge on any atom is 0.330 e. The summed E-state index contributed by atoms with van der Waals surface area (Å²) >= 11 is 1.51. The van der Waals surface area contributed by atoms with Crippen LogP contribution in [0.25, 0.3) is 0 Å². The van der Waals surface area contributed by atoms with Gasteiger partial charge in [0.25, 0.3) is 0 Å². The van der Waals surface area contributed by atoms with Gasteiger partial charge in [-0.15, -0.1) is 11.3 Å². The van der Waals surface area contributed by atoms with Crippen molar-refractivity contribution in [3.8, 4) is 11.5 Å².